The highest BCUT2D eigenvalue weighted by molar-refractivity contribution is 5.81. The number of aliphatic carboxylic acids is 1. The quantitative estimate of drug-likeness (QED) is 0.862. The van der Waals surface area contributed by atoms with Crippen molar-refractivity contribution in [3.8, 4) is 0 Å². The molecule has 5 nitrogen and oxygen atoms in total. The highest BCUT2D eigenvalue weighted by atomic mass is 16.4. The minimum Gasteiger partial charge on any atom is -0.480 e. The maximum atomic E-state index is 12.8. The van der Waals surface area contributed by atoms with Gasteiger partial charge in [-0.05, 0) is 31.6 Å². The Morgan fingerprint density at radius 1 is 1.20 bits per heavy atom. The molecule has 5 heteroatoms. The van der Waals surface area contributed by atoms with E-state index in [0.29, 0.717) is 5.92 Å². The molecule has 20 heavy (non-hydrogen) atoms. The van der Waals surface area contributed by atoms with Gasteiger partial charge in [-0.15, -0.1) is 0 Å². The van der Waals surface area contributed by atoms with Crippen molar-refractivity contribution < 1.29 is 14.7 Å². The predicted octanol–water partition coefficient (Wildman–Crippen LogP) is 2.56. The number of hydrogen-bond acceptors (Lipinski definition) is 2. The summed E-state index contributed by atoms with van der Waals surface area (Å²) in [6.45, 7) is 4.87. The van der Waals surface area contributed by atoms with Crippen LogP contribution in [0.25, 0.3) is 0 Å². The van der Waals surface area contributed by atoms with Gasteiger partial charge in [0.25, 0.3) is 0 Å². The van der Waals surface area contributed by atoms with Crippen LogP contribution in [0.1, 0.15) is 52.4 Å². The summed E-state index contributed by atoms with van der Waals surface area (Å²) in [6.07, 6.45) is 6.15. The summed E-state index contributed by atoms with van der Waals surface area (Å²) in [5, 5.41) is 9.10. The van der Waals surface area contributed by atoms with Crippen molar-refractivity contribution in [3.63, 3.8) is 0 Å². The topological polar surface area (TPSA) is 60.9 Å². The molecule has 2 rings (SSSR count). The van der Waals surface area contributed by atoms with Crippen molar-refractivity contribution in [3.05, 3.63) is 0 Å². The van der Waals surface area contributed by atoms with Crippen LogP contribution in [-0.4, -0.2) is 52.1 Å². The lowest BCUT2D eigenvalue weighted by atomic mass is 10.0. The van der Waals surface area contributed by atoms with E-state index in [1.807, 2.05) is 4.90 Å². The second kappa shape index (κ2) is 6.46. The van der Waals surface area contributed by atoms with Crippen molar-refractivity contribution >= 4 is 12.0 Å². The molecule has 1 unspecified atom stereocenters. The smallest absolute Gasteiger partial charge is 0.323 e. The van der Waals surface area contributed by atoms with Gasteiger partial charge in [-0.1, -0.05) is 26.7 Å². The van der Waals surface area contributed by atoms with Crippen molar-refractivity contribution in [2.75, 3.05) is 13.1 Å². The Morgan fingerprint density at radius 2 is 1.85 bits per heavy atom. The molecule has 2 amide bonds. The zero-order chi connectivity index (χ0) is 14.7. The molecule has 1 N–H and O–H groups in total. The van der Waals surface area contributed by atoms with Crippen LogP contribution >= 0.6 is 0 Å². The van der Waals surface area contributed by atoms with Crippen molar-refractivity contribution in [1.82, 2.24) is 9.80 Å². The Bertz CT molecular complexity index is 364. The highest BCUT2D eigenvalue weighted by Crippen LogP contribution is 2.29. The zero-order valence-corrected chi connectivity index (χ0v) is 12.5. The molecule has 2 fully saturated rings. The van der Waals surface area contributed by atoms with Gasteiger partial charge in [0.2, 0.25) is 0 Å². The maximum absolute atomic E-state index is 12.8. The third-order valence-electron chi connectivity index (χ3n) is 4.63. The lowest BCUT2D eigenvalue weighted by Crippen LogP contribution is -2.51. The summed E-state index contributed by atoms with van der Waals surface area (Å²) >= 11 is 0. The molecule has 0 radical (unpaired) electrons. The van der Waals surface area contributed by atoms with E-state index in [2.05, 4.69) is 13.8 Å². The van der Waals surface area contributed by atoms with Gasteiger partial charge in [0.05, 0.1) is 0 Å². The van der Waals surface area contributed by atoms with Gasteiger partial charge in [0.1, 0.15) is 6.54 Å². The van der Waals surface area contributed by atoms with Gasteiger partial charge in [-0.2, -0.15) is 0 Å². The lowest BCUT2D eigenvalue weighted by molar-refractivity contribution is -0.138. The minimum atomic E-state index is -0.912. The predicted molar refractivity (Wildman–Crippen MR) is 76.6 cm³/mol. The molecule has 2 aliphatic rings. The van der Waals surface area contributed by atoms with Crippen LogP contribution in [0.5, 0.6) is 0 Å². The number of carboxylic acids is 1. The molecule has 0 bridgehead atoms. The summed E-state index contributed by atoms with van der Waals surface area (Å²) in [5.74, 6) is -0.484. The summed E-state index contributed by atoms with van der Waals surface area (Å²) < 4.78 is 0. The highest BCUT2D eigenvalue weighted by Gasteiger charge is 2.37. The zero-order valence-electron chi connectivity index (χ0n) is 12.5. The van der Waals surface area contributed by atoms with E-state index in [4.69, 9.17) is 5.11 Å². The number of amides is 2. The summed E-state index contributed by atoms with van der Waals surface area (Å²) in [6, 6.07) is 0.322. The van der Waals surface area contributed by atoms with Gasteiger partial charge in [-0.3, -0.25) is 4.79 Å². The largest absolute Gasteiger partial charge is 0.480 e. The summed E-state index contributed by atoms with van der Waals surface area (Å²) in [5.41, 5.74) is 0. The van der Waals surface area contributed by atoms with Crippen LogP contribution in [0.4, 0.5) is 4.79 Å². The molecule has 1 saturated heterocycles. The Hall–Kier alpha value is -1.26. The normalized spacial score (nSPS) is 23.6. The van der Waals surface area contributed by atoms with Crippen LogP contribution in [-0.2, 0) is 4.79 Å². The number of rotatable bonds is 4. The molecule has 0 aromatic rings. The Labute approximate surface area is 120 Å². The van der Waals surface area contributed by atoms with E-state index < -0.39 is 5.97 Å². The SMILES string of the molecule is CC(C)C1CCCN1C(=O)N(CC(=O)O)C1CCCC1. The molecule has 0 aromatic heterocycles. The summed E-state index contributed by atoms with van der Waals surface area (Å²) in [4.78, 5) is 27.4. The molecular weight excluding hydrogens is 256 g/mol. The van der Waals surface area contributed by atoms with Crippen LogP contribution in [0, 0.1) is 5.92 Å². The van der Waals surface area contributed by atoms with E-state index in [1.165, 1.54) is 0 Å². The van der Waals surface area contributed by atoms with Crippen LogP contribution in [0.2, 0.25) is 0 Å². The molecule has 0 spiro atoms. The van der Waals surface area contributed by atoms with E-state index in [-0.39, 0.29) is 24.7 Å². The first-order valence-corrected chi connectivity index (χ1v) is 7.79. The van der Waals surface area contributed by atoms with E-state index >= 15 is 0 Å². The van der Waals surface area contributed by atoms with Gasteiger partial charge in [-0.25, -0.2) is 4.79 Å². The van der Waals surface area contributed by atoms with Crippen molar-refractivity contribution in [2.45, 2.75) is 64.5 Å². The van der Waals surface area contributed by atoms with Crippen molar-refractivity contribution in [1.29, 1.82) is 0 Å². The maximum Gasteiger partial charge on any atom is 0.323 e. The van der Waals surface area contributed by atoms with Crippen molar-refractivity contribution in [2.24, 2.45) is 5.92 Å². The Balaban J connectivity index is 2.10. The first-order chi connectivity index (χ1) is 9.50. The fourth-order valence-electron chi connectivity index (χ4n) is 3.60. The fraction of sp³-hybridized carbons (Fsp3) is 0.867. The van der Waals surface area contributed by atoms with Crippen LogP contribution < -0.4 is 0 Å². The average Bonchev–Trinajstić information content (AvgIpc) is 3.05. The second-order valence-electron chi connectivity index (χ2n) is 6.39. The number of hydrogen-bond donors (Lipinski definition) is 1. The Morgan fingerprint density at radius 3 is 2.40 bits per heavy atom. The number of nitrogens with zero attached hydrogens (tertiary/aromatic N) is 2. The second-order valence-corrected chi connectivity index (χ2v) is 6.39. The number of carbonyl (C=O) groups excluding carboxylic acids is 1. The minimum absolute atomic E-state index is 0.0597. The Kier molecular flexibility index (Phi) is 4.89. The van der Waals surface area contributed by atoms with E-state index in [0.717, 1.165) is 45.1 Å². The van der Waals surface area contributed by atoms with E-state index in [1.54, 1.807) is 4.90 Å². The van der Waals surface area contributed by atoms with Gasteiger partial charge in [0, 0.05) is 18.6 Å². The van der Waals surface area contributed by atoms with Gasteiger partial charge in [0.15, 0.2) is 0 Å². The molecule has 1 heterocycles. The average molecular weight is 282 g/mol. The molecule has 1 atom stereocenters. The summed E-state index contributed by atoms with van der Waals surface area (Å²) in [7, 11) is 0. The first kappa shape index (κ1) is 15.1. The number of carboxylic acid groups (broad SMARTS) is 1. The van der Waals surface area contributed by atoms with E-state index in [9.17, 15) is 9.59 Å². The number of likely N-dealkylation sites (tertiary alicyclic amines) is 1. The number of carbonyl (C=O) groups is 2. The number of urea groups is 1. The fourth-order valence-corrected chi connectivity index (χ4v) is 3.60. The van der Waals surface area contributed by atoms with Crippen LogP contribution in [0.3, 0.4) is 0 Å². The molecule has 1 saturated carbocycles. The third kappa shape index (κ3) is 3.25. The lowest BCUT2D eigenvalue weighted by Gasteiger charge is -2.35. The monoisotopic (exact) mass is 282 g/mol. The van der Waals surface area contributed by atoms with Crippen LogP contribution in [0.15, 0.2) is 0 Å². The van der Waals surface area contributed by atoms with Gasteiger partial charge < -0.3 is 14.9 Å². The molecule has 114 valence electrons. The van der Waals surface area contributed by atoms with Gasteiger partial charge >= 0.3 is 12.0 Å². The first-order valence-electron chi connectivity index (χ1n) is 7.79. The molecule has 0 aromatic carbocycles. The molecule has 1 aliphatic carbocycles. The molecule has 1 aliphatic heterocycles. The standard InChI is InChI=1S/C15H26N2O3/c1-11(2)13-8-5-9-16(13)15(20)17(10-14(18)19)12-6-3-4-7-12/h11-13H,3-10H2,1-2H3,(H,18,19). The third-order valence-corrected chi connectivity index (χ3v) is 4.63. The molecular formula is C15H26N2O3.